The number of rotatable bonds is 7. The fourth-order valence-electron chi connectivity index (χ4n) is 3.12. The molecule has 1 aliphatic rings. The second-order valence-corrected chi connectivity index (χ2v) is 9.02. The van der Waals surface area contributed by atoms with Crippen molar-refractivity contribution in [3.8, 4) is 11.5 Å². The molecule has 1 fully saturated rings. The van der Waals surface area contributed by atoms with Gasteiger partial charge in [-0.3, -0.25) is 9.10 Å². The second kappa shape index (κ2) is 9.17. The van der Waals surface area contributed by atoms with E-state index in [1.54, 1.807) is 55.6 Å². The molecule has 1 atom stereocenters. The number of nitrogens with zero attached hydrogens (tertiary/aromatic N) is 1. The maximum absolute atomic E-state index is 12.6. The number of methoxy groups -OCH3 is 1. The maximum Gasteiger partial charge on any atom is 0.251 e. The van der Waals surface area contributed by atoms with Crippen LogP contribution in [0, 0.1) is 0 Å². The number of sulfonamides is 1. The van der Waals surface area contributed by atoms with Gasteiger partial charge >= 0.3 is 0 Å². The van der Waals surface area contributed by atoms with Crippen LogP contribution in [0.15, 0.2) is 48.5 Å². The fourth-order valence-corrected chi connectivity index (χ4v) is 4.75. The van der Waals surface area contributed by atoms with E-state index in [0.717, 1.165) is 12.2 Å². The topological polar surface area (TPSA) is 84.9 Å². The normalized spacial score (nSPS) is 16.7. The summed E-state index contributed by atoms with van der Waals surface area (Å²) in [6, 6.07) is 13.7. The number of nitrogens with one attached hydrogen (secondary N) is 1. The Hall–Kier alpha value is -2.74. The van der Waals surface area contributed by atoms with Crippen LogP contribution in [0.1, 0.15) is 30.1 Å². The molecule has 156 valence electrons. The Morgan fingerprint density at radius 3 is 2.55 bits per heavy atom. The Bertz CT molecular complexity index is 944. The molecule has 1 heterocycles. The standard InChI is InChI=1S/C21H26N2O5S/c1-16(15-28-20-10-8-19(27-2)9-11-20)22-21(24)17-6-5-7-18(14-17)23-12-3-4-13-29(23,25)26/h5-11,14,16H,3-4,12-13,15H2,1-2H3,(H,22,24). The van der Waals surface area contributed by atoms with Crippen LogP contribution in [0.3, 0.4) is 0 Å². The highest BCUT2D eigenvalue weighted by Crippen LogP contribution is 2.24. The van der Waals surface area contributed by atoms with Crippen molar-refractivity contribution < 1.29 is 22.7 Å². The molecule has 1 aliphatic heterocycles. The Balaban J connectivity index is 1.59. The smallest absolute Gasteiger partial charge is 0.251 e. The number of ether oxygens (including phenoxy) is 2. The van der Waals surface area contributed by atoms with Gasteiger partial charge in [0.15, 0.2) is 0 Å². The molecule has 1 unspecified atom stereocenters. The van der Waals surface area contributed by atoms with Crippen molar-refractivity contribution in [1.29, 1.82) is 0 Å². The minimum absolute atomic E-state index is 0.142. The van der Waals surface area contributed by atoms with Crippen LogP contribution >= 0.6 is 0 Å². The maximum atomic E-state index is 12.6. The van der Waals surface area contributed by atoms with Crippen molar-refractivity contribution in [3.63, 3.8) is 0 Å². The quantitative estimate of drug-likeness (QED) is 0.747. The van der Waals surface area contributed by atoms with Gasteiger partial charge in [0, 0.05) is 12.1 Å². The highest BCUT2D eigenvalue weighted by molar-refractivity contribution is 7.92. The highest BCUT2D eigenvalue weighted by Gasteiger charge is 2.26. The summed E-state index contributed by atoms with van der Waals surface area (Å²) in [5.74, 6) is 1.30. The summed E-state index contributed by atoms with van der Waals surface area (Å²) < 4.78 is 36.8. The van der Waals surface area contributed by atoms with Crippen molar-refractivity contribution in [1.82, 2.24) is 5.32 Å². The minimum atomic E-state index is -3.31. The Morgan fingerprint density at radius 1 is 1.14 bits per heavy atom. The van der Waals surface area contributed by atoms with Crippen molar-refractivity contribution in [2.45, 2.75) is 25.8 Å². The number of amides is 1. The Labute approximate surface area is 171 Å². The number of hydrogen-bond donors (Lipinski definition) is 1. The van der Waals surface area contributed by atoms with Gasteiger partial charge in [0.1, 0.15) is 18.1 Å². The summed E-state index contributed by atoms with van der Waals surface area (Å²) in [6.45, 7) is 2.60. The van der Waals surface area contributed by atoms with Gasteiger partial charge in [-0.2, -0.15) is 0 Å². The van der Waals surface area contributed by atoms with Gasteiger partial charge in [-0.1, -0.05) is 6.07 Å². The Morgan fingerprint density at radius 2 is 1.86 bits per heavy atom. The van der Waals surface area contributed by atoms with Gasteiger partial charge in [0.05, 0.1) is 24.6 Å². The predicted molar refractivity (Wildman–Crippen MR) is 112 cm³/mol. The lowest BCUT2D eigenvalue weighted by Gasteiger charge is -2.28. The third kappa shape index (κ3) is 5.41. The van der Waals surface area contributed by atoms with Crippen LogP contribution in [0.4, 0.5) is 5.69 Å². The molecule has 1 N–H and O–H groups in total. The van der Waals surface area contributed by atoms with Gasteiger partial charge in [0.2, 0.25) is 10.0 Å². The molecule has 8 heteroatoms. The lowest BCUT2D eigenvalue weighted by Crippen LogP contribution is -2.38. The number of benzene rings is 2. The van der Waals surface area contributed by atoms with Crippen LogP contribution in [-0.4, -0.2) is 46.4 Å². The summed E-state index contributed by atoms with van der Waals surface area (Å²) in [6.07, 6.45) is 1.49. The molecular weight excluding hydrogens is 392 g/mol. The van der Waals surface area contributed by atoms with E-state index < -0.39 is 10.0 Å². The van der Waals surface area contributed by atoms with E-state index in [2.05, 4.69) is 5.32 Å². The van der Waals surface area contributed by atoms with Crippen molar-refractivity contribution in [2.75, 3.05) is 30.3 Å². The van der Waals surface area contributed by atoms with Crippen molar-refractivity contribution >= 4 is 21.6 Å². The predicted octanol–water partition coefficient (Wildman–Crippen LogP) is 2.82. The minimum Gasteiger partial charge on any atom is -0.497 e. The summed E-state index contributed by atoms with van der Waals surface area (Å²) in [5, 5.41) is 2.88. The molecule has 0 saturated carbocycles. The zero-order valence-corrected chi connectivity index (χ0v) is 17.4. The average molecular weight is 419 g/mol. The molecule has 7 nitrogen and oxygen atoms in total. The van der Waals surface area contributed by atoms with Gasteiger partial charge < -0.3 is 14.8 Å². The molecule has 0 spiro atoms. The molecule has 3 rings (SSSR count). The first-order chi connectivity index (χ1) is 13.9. The molecule has 29 heavy (non-hydrogen) atoms. The van der Waals surface area contributed by atoms with Crippen LogP contribution in [0.25, 0.3) is 0 Å². The zero-order chi connectivity index (χ0) is 20.9. The third-order valence-corrected chi connectivity index (χ3v) is 6.55. The van der Waals surface area contributed by atoms with Gasteiger partial charge in [-0.05, 0) is 62.2 Å². The molecule has 0 bridgehead atoms. The third-order valence-electron chi connectivity index (χ3n) is 4.68. The first-order valence-electron chi connectivity index (χ1n) is 9.57. The summed E-state index contributed by atoms with van der Waals surface area (Å²) >= 11 is 0. The molecule has 0 radical (unpaired) electrons. The molecule has 1 amide bonds. The number of hydrogen-bond acceptors (Lipinski definition) is 5. The van der Waals surface area contributed by atoms with Gasteiger partial charge in [-0.25, -0.2) is 8.42 Å². The SMILES string of the molecule is COc1ccc(OCC(C)NC(=O)c2cccc(N3CCCCS3(=O)=O)c2)cc1. The van der Waals surface area contributed by atoms with Crippen LogP contribution < -0.4 is 19.1 Å². The summed E-state index contributed by atoms with van der Waals surface area (Å²) in [4.78, 5) is 12.6. The summed E-state index contributed by atoms with van der Waals surface area (Å²) in [7, 11) is -1.71. The fraction of sp³-hybridized carbons (Fsp3) is 0.381. The van der Waals surface area contributed by atoms with Crippen LogP contribution in [-0.2, 0) is 10.0 Å². The molecule has 2 aromatic rings. The summed E-state index contributed by atoms with van der Waals surface area (Å²) in [5.41, 5.74) is 0.944. The van der Waals surface area contributed by atoms with E-state index in [1.807, 2.05) is 6.92 Å². The van der Waals surface area contributed by atoms with E-state index in [-0.39, 0.29) is 17.7 Å². The van der Waals surface area contributed by atoms with Crippen molar-refractivity contribution in [3.05, 3.63) is 54.1 Å². The number of carbonyl (C=O) groups excluding carboxylic acids is 1. The van der Waals surface area contributed by atoms with Crippen LogP contribution in [0.2, 0.25) is 0 Å². The van der Waals surface area contributed by atoms with Crippen LogP contribution in [0.5, 0.6) is 11.5 Å². The average Bonchev–Trinajstić information content (AvgIpc) is 2.72. The van der Waals surface area contributed by atoms with Gasteiger partial charge in [0.25, 0.3) is 5.91 Å². The van der Waals surface area contributed by atoms with E-state index in [4.69, 9.17) is 9.47 Å². The lowest BCUT2D eigenvalue weighted by molar-refractivity contribution is 0.0926. The van der Waals surface area contributed by atoms with Crippen molar-refractivity contribution in [2.24, 2.45) is 0 Å². The van der Waals surface area contributed by atoms with Gasteiger partial charge in [-0.15, -0.1) is 0 Å². The van der Waals surface area contributed by atoms with E-state index in [1.165, 1.54) is 4.31 Å². The molecule has 0 aromatic heterocycles. The molecule has 2 aromatic carbocycles. The monoisotopic (exact) mass is 418 g/mol. The molecule has 0 aliphatic carbocycles. The lowest BCUT2D eigenvalue weighted by atomic mass is 10.1. The largest absolute Gasteiger partial charge is 0.497 e. The second-order valence-electron chi connectivity index (χ2n) is 7.01. The van der Waals surface area contributed by atoms with E-state index in [9.17, 15) is 13.2 Å². The molecular formula is C21H26N2O5S. The zero-order valence-electron chi connectivity index (χ0n) is 16.6. The molecule has 1 saturated heterocycles. The van der Waals surface area contributed by atoms with E-state index in [0.29, 0.717) is 36.6 Å². The highest BCUT2D eigenvalue weighted by atomic mass is 32.2. The first kappa shape index (κ1) is 21.0. The number of anilines is 1. The first-order valence-corrected chi connectivity index (χ1v) is 11.2. The Kier molecular flexibility index (Phi) is 6.64. The number of carbonyl (C=O) groups is 1. The van der Waals surface area contributed by atoms with E-state index >= 15 is 0 Å².